The Morgan fingerprint density at radius 3 is 2.74 bits per heavy atom. The quantitative estimate of drug-likeness (QED) is 0.889. The van der Waals surface area contributed by atoms with Gasteiger partial charge in [-0.05, 0) is 68.3 Å². The Bertz CT molecular complexity index is 419. The SMILES string of the molecule is CCCN1CCC(Nc2ccc3c(c2)CCC3)CC1. The van der Waals surface area contributed by atoms with Crippen LogP contribution in [0, 0.1) is 0 Å². The summed E-state index contributed by atoms with van der Waals surface area (Å²) in [7, 11) is 0. The zero-order chi connectivity index (χ0) is 13.1. The van der Waals surface area contributed by atoms with E-state index in [2.05, 4.69) is 35.3 Å². The van der Waals surface area contributed by atoms with E-state index in [9.17, 15) is 0 Å². The predicted molar refractivity (Wildman–Crippen MR) is 81.8 cm³/mol. The monoisotopic (exact) mass is 258 g/mol. The third-order valence-electron chi connectivity index (χ3n) is 4.60. The molecule has 2 heteroatoms. The van der Waals surface area contributed by atoms with Crippen molar-refractivity contribution in [3.8, 4) is 0 Å². The number of anilines is 1. The fraction of sp³-hybridized carbons (Fsp3) is 0.647. The van der Waals surface area contributed by atoms with Gasteiger partial charge in [0.15, 0.2) is 0 Å². The van der Waals surface area contributed by atoms with Gasteiger partial charge in [0.25, 0.3) is 0 Å². The van der Waals surface area contributed by atoms with Crippen LogP contribution in [0.5, 0.6) is 0 Å². The van der Waals surface area contributed by atoms with Gasteiger partial charge in [-0.15, -0.1) is 0 Å². The van der Waals surface area contributed by atoms with Gasteiger partial charge in [-0.2, -0.15) is 0 Å². The first kappa shape index (κ1) is 13.0. The van der Waals surface area contributed by atoms with Crippen LogP contribution in [0.25, 0.3) is 0 Å². The second kappa shape index (κ2) is 5.96. The molecule has 0 saturated carbocycles. The van der Waals surface area contributed by atoms with Crippen LogP contribution in [-0.2, 0) is 12.8 Å². The highest BCUT2D eigenvalue weighted by Gasteiger charge is 2.19. The minimum Gasteiger partial charge on any atom is -0.382 e. The molecule has 1 heterocycles. The van der Waals surface area contributed by atoms with Crippen molar-refractivity contribution in [1.29, 1.82) is 0 Å². The number of likely N-dealkylation sites (tertiary alicyclic amines) is 1. The smallest absolute Gasteiger partial charge is 0.0345 e. The molecule has 2 aliphatic rings. The standard InChI is InChI=1S/C17H26N2/c1-2-10-19-11-8-16(9-12-19)18-17-7-6-14-4-3-5-15(14)13-17/h6-7,13,16,18H,2-5,8-12H2,1H3. The summed E-state index contributed by atoms with van der Waals surface area (Å²) in [5.41, 5.74) is 4.49. The van der Waals surface area contributed by atoms with E-state index in [0.29, 0.717) is 6.04 Å². The Morgan fingerprint density at radius 1 is 1.16 bits per heavy atom. The molecule has 0 amide bonds. The van der Waals surface area contributed by atoms with Crippen molar-refractivity contribution in [1.82, 2.24) is 4.90 Å². The lowest BCUT2D eigenvalue weighted by Crippen LogP contribution is -2.39. The molecule has 0 aromatic heterocycles. The lowest BCUT2D eigenvalue weighted by atomic mass is 10.0. The summed E-state index contributed by atoms with van der Waals surface area (Å²) in [5.74, 6) is 0. The van der Waals surface area contributed by atoms with Gasteiger partial charge in [-0.3, -0.25) is 0 Å². The largest absolute Gasteiger partial charge is 0.382 e. The van der Waals surface area contributed by atoms with E-state index in [1.54, 1.807) is 11.1 Å². The number of hydrogen-bond acceptors (Lipinski definition) is 2. The van der Waals surface area contributed by atoms with Crippen molar-refractivity contribution >= 4 is 5.69 Å². The molecule has 1 saturated heterocycles. The van der Waals surface area contributed by atoms with E-state index in [1.165, 1.54) is 63.8 Å². The summed E-state index contributed by atoms with van der Waals surface area (Å²) in [4.78, 5) is 2.60. The Morgan fingerprint density at radius 2 is 1.95 bits per heavy atom. The van der Waals surface area contributed by atoms with E-state index < -0.39 is 0 Å². The minimum atomic E-state index is 0.674. The molecule has 0 radical (unpaired) electrons. The molecular weight excluding hydrogens is 232 g/mol. The van der Waals surface area contributed by atoms with Crippen molar-refractivity contribution in [3.63, 3.8) is 0 Å². The highest BCUT2D eigenvalue weighted by molar-refractivity contribution is 5.50. The van der Waals surface area contributed by atoms with Gasteiger partial charge in [0.2, 0.25) is 0 Å². The van der Waals surface area contributed by atoms with E-state index in [0.717, 1.165) is 0 Å². The topological polar surface area (TPSA) is 15.3 Å². The maximum atomic E-state index is 3.75. The number of fused-ring (bicyclic) bond motifs is 1. The molecule has 19 heavy (non-hydrogen) atoms. The van der Waals surface area contributed by atoms with E-state index in [4.69, 9.17) is 0 Å². The highest BCUT2D eigenvalue weighted by atomic mass is 15.1. The molecule has 1 fully saturated rings. The van der Waals surface area contributed by atoms with Gasteiger partial charge in [-0.25, -0.2) is 0 Å². The molecule has 0 spiro atoms. The van der Waals surface area contributed by atoms with Gasteiger partial charge in [-0.1, -0.05) is 13.0 Å². The normalized spacial score (nSPS) is 20.5. The molecule has 1 aliphatic carbocycles. The maximum Gasteiger partial charge on any atom is 0.0345 e. The second-order valence-corrected chi connectivity index (χ2v) is 6.10. The third kappa shape index (κ3) is 3.11. The first-order chi connectivity index (χ1) is 9.35. The summed E-state index contributed by atoms with van der Waals surface area (Å²) >= 11 is 0. The van der Waals surface area contributed by atoms with Crippen LogP contribution in [0.3, 0.4) is 0 Å². The van der Waals surface area contributed by atoms with Gasteiger partial charge in [0.05, 0.1) is 0 Å². The van der Waals surface area contributed by atoms with Crippen molar-refractivity contribution in [2.24, 2.45) is 0 Å². The lowest BCUT2D eigenvalue weighted by molar-refractivity contribution is 0.219. The first-order valence-corrected chi connectivity index (χ1v) is 7.96. The van der Waals surface area contributed by atoms with Gasteiger partial charge < -0.3 is 10.2 Å². The van der Waals surface area contributed by atoms with Crippen LogP contribution in [0.4, 0.5) is 5.69 Å². The molecule has 2 nitrogen and oxygen atoms in total. The fourth-order valence-corrected chi connectivity index (χ4v) is 3.51. The molecule has 1 aliphatic heterocycles. The Hall–Kier alpha value is -1.02. The number of nitrogens with one attached hydrogen (secondary N) is 1. The molecule has 1 aromatic rings. The van der Waals surface area contributed by atoms with Crippen LogP contribution >= 0.6 is 0 Å². The van der Waals surface area contributed by atoms with Gasteiger partial charge in [0, 0.05) is 24.8 Å². The van der Waals surface area contributed by atoms with Gasteiger partial charge >= 0.3 is 0 Å². The van der Waals surface area contributed by atoms with Gasteiger partial charge in [0.1, 0.15) is 0 Å². The molecular formula is C17H26N2. The van der Waals surface area contributed by atoms with Crippen LogP contribution in [0.2, 0.25) is 0 Å². The Kier molecular flexibility index (Phi) is 4.07. The molecule has 104 valence electrons. The summed E-state index contributed by atoms with van der Waals surface area (Å²) in [6.45, 7) is 6.06. The highest BCUT2D eigenvalue weighted by Crippen LogP contribution is 2.26. The number of aryl methyl sites for hydroxylation is 2. The zero-order valence-electron chi connectivity index (χ0n) is 12.1. The minimum absolute atomic E-state index is 0.674. The average molecular weight is 258 g/mol. The second-order valence-electron chi connectivity index (χ2n) is 6.10. The van der Waals surface area contributed by atoms with Crippen molar-refractivity contribution in [3.05, 3.63) is 29.3 Å². The van der Waals surface area contributed by atoms with E-state index >= 15 is 0 Å². The summed E-state index contributed by atoms with van der Waals surface area (Å²) < 4.78 is 0. The molecule has 0 unspecified atom stereocenters. The average Bonchev–Trinajstić information content (AvgIpc) is 2.89. The number of nitrogens with zero attached hydrogens (tertiary/aromatic N) is 1. The van der Waals surface area contributed by atoms with Crippen LogP contribution in [-0.4, -0.2) is 30.6 Å². The first-order valence-electron chi connectivity index (χ1n) is 7.96. The molecule has 1 aromatic carbocycles. The molecule has 3 rings (SSSR count). The Labute approximate surface area is 117 Å². The molecule has 0 bridgehead atoms. The number of rotatable bonds is 4. The molecule has 1 N–H and O–H groups in total. The summed E-state index contributed by atoms with van der Waals surface area (Å²) in [6.07, 6.45) is 7.76. The van der Waals surface area contributed by atoms with Crippen LogP contribution < -0.4 is 5.32 Å². The number of piperidine rings is 1. The van der Waals surface area contributed by atoms with Crippen LogP contribution in [0.1, 0.15) is 43.7 Å². The van der Waals surface area contributed by atoms with Crippen LogP contribution in [0.15, 0.2) is 18.2 Å². The van der Waals surface area contributed by atoms with Crippen molar-refractivity contribution in [2.75, 3.05) is 25.0 Å². The molecule has 0 atom stereocenters. The summed E-state index contributed by atoms with van der Waals surface area (Å²) in [6, 6.07) is 7.67. The Balaban J connectivity index is 1.55. The van der Waals surface area contributed by atoms with Crippen molar-refractivity contribution < 1.29 is 0 Å². The van der Waals surface area contributed by atoms with E-state index in [1.807, 2.05) is 0 Å². The van der Waals surface area contributed by atoms with E-state index in [-0.39, 0.29) is 0 Å². The lowest BCUT2D eigenvalue weighted by Gasteiger charge is -2.32. The number of hydrogen-bond donors (Lipinski definition) is 1. The third-order valence-corrected chi connectivity index (χ3v) is 4.60. The summed E-state index contributed by atoms with van der Waals surface area (Å²) in [5, 5.41) is 3.75. The maximum absolute atomic E-state index is 3.75. The zero-order valence-corrected chi connectivity index (χ0v) is 12.1. The number of benzene rings is 1. The fourth-order valence-electron chi connectivity index (χ4n) is 3.51. The predicted octanol–water partition coefficient (Wildman–Crippen LogP) is 3.46. The van der Waals surface area contributed by atoms with Crippen molar-refractivity contribution in [2.45, 2.75) is 51.5 Å².